The molecule has 0 bridgehead atoms. The Labute approximate surface area is 248 Å². The smallest absolute Gasteiger partial charge is 0.193 e. The molecule has 7 aromatic rings. The Kier molecular flexibility index (Phi) is 5.90. The second-order valence-electron chi connectivity index (χ2n) is 10.5. The molecule has 7 aromatic carbocycles. The summed E-state index contributed by atoms with van der Waals surface area (Å²) in [6, 6.07) is 52.2. The lowest BCUT2D eigenvalue weighted by Crippen LogP contribution is -2.14. The minimum absolute atomic E-state index is 0.0193. The fraction of sp³-hybridized carbons (Fsp3) is 0. The summed E-state index contributed by atoms with van der Waals surface area (Å²) >= 11 is 1.79. The van der Waals surface area contributed by atoms with E-state index in [0.29, 0.717) is 11.1 Å². The van der Waals surface area contributed by atoms with Gasteiger partial charge in [-0.05, 0) is 87.3 Å². The molecule has 0 radical (unpaired) electrons. The average molecular weight is 556 g/mol. The van der Waals surface area contributed by atoms with Crippen LogP contribution in [0.25, 0.3) is 32.7 Å². The summed E-state index contributed by atoms with van der Waals surface area (Å²) in [5, 5.41) is 4.85. The van der Waals surface area contributed by atoms with E-state index in [4.69, 9.17) is 0 Å². The predicted octanol–water partition coefficient (Wildman–Crippen LogP) is 10.8. The average Bonchev–Trinajstić information content (AvgIpc) is 3.06. The highest BCUT2D eigenvalue weighted by Crippen LogP contribution is 2.51. The number of anilines is 3. The lowest BCUT2D eigenvalue weighted by atomic mass is 9.91. The van der Waals surface area contributed by atoms with E-state index in [9.17, 15) is 4.79 Å². The van der Waals surface area contributed by atoms with Gasteiger partial charge in [0.05, 0.1) is 11.4 Å². The number of carbonyl (C=O) groups excluding carboxylic acids is 1. The molecule has 2 nitrogen and oxygen atoms in total. The molecule has 3 heteroatoms. The van der Waals surface area contributed by atoms with Crippen LogP contribution in [0.1, 0.15) is 15.9 Å². The van der Waals surface area contributed by atoms with Crippen LogP contribution in [-0.4, -0.2) is 5.78 Å². The number of nitrogens with zero attached hydrogens (tertiary/aromatic N) is 1. The molecule has 1 aliphatic rings. The Morgan fingerprint density at radius 1 is 0.500 bits per heavy atom. The lowest BCUT2D eigenvalue weighted by molar-refractivity contribution is 0.103. The second-order valence-corrected chi connectivity index (χ2v) is 11.6. The molecule has 0 amide bonds. The van der Waals surface area contributed by atoms with Crippen LogP contribution in [0.15, 0.2) is 161 Å². The van der Waals surface area contributed by atoms with E-state index in [1.165, 1.54) is 36.9 Å². The minimum Gasteiger partial charge on any atom is -0.308 e. The van der Waals surface area contributed by atoms with E-state index in [0.717, 1.165) is 22.6 Å². The highest BCUT2D eigenvalue weighted by Gasteiger charge is 2.24. The Bertz CT molecular complexity index is 2030. The third-order valence-electron chi connectivity index (χ3n) is 8.03. The maximum Gasteiger partial charge on any atom is 0.193 e. The number of ketones is 1. The van der Waals surface area contributed by atoms with Gasteiger partial charge in [-0.3, -0.25) is 4.79 Å². The monoisotopic (exact) mass is 555 g/mol. The van der Waals surface area contributed by atoms with Gasteiger partial charge in [0.2, 0.25) is 0 Å². The van der Waals surface area contributed by atoms with Gasteiger partial charge in [-0.2, -0.15) is 0 Å². The van der Waals surface area contributed by atoms with Crippen LogP contribution in [-0.2, 0) is 0 Å². The van der Waals surface area contributed by atoms with Crippen molar-refractivity contribution in [2.75, 3.05) is 4.90 Å². The summed E-state index contributed by atoms with van der Waals surface area (Å²) in [5.41, 5.74) is 7.00. The molecule has 0 fully saturated rings. The van der Waals surface area contributed by atoms with Crippen molar-refractivity contribution in [1.82, 2.24) is 0 Å². The summed E-state index contributed by atoms with van der Waals surface area (Å²) in [6.07, 6.45) is 0. The van der Waals surface area contributed by atoms with Gasteiger partial charge in [0.1, 0.15) is 0 Å². The Morgan fingerprint density at radius 2 is 0.976 bits per heavy atom. The zero-order valence-corrected chi connectivity index (χ0v) is 23.5. The van der Waals surface area contributed by atoms with Crippen LogP contribution >= 0.6 is 11.8 Å². The molecule has 0 atom stereocenters. The van der Waals surface area contributed by atoms with Crippen molar-refractivity contribution in [3.05, 3.63) is 163 Å². The molecule has 0 saturated carbocycles. The topological polar surface area (TPSA) is 20.3 Å². The molecule has 42 heavy (non-hydrogen) atoms. The first-order valence-corrected chi connectivity index (χ1v) is 14.9. The van der Waals surface area contributed by atoms with Gasteiger partial charge in [-0.25, -0.2) is 0 Å². The minimum atomic E-state index is 0.0193. The highest BCUT2D eigenvalue weighted by atomic mass is 32.2. The molecule has 0 saturated heterocycles. The van der Waals surface area contributed by atoms with E-state index >= 15 is 0 Å². The van der Waals surface area contributed by atoms with Gasteiger partial charge >= 0.3 is 0 Å². The summed E-state index contributed by atoms with van der Waals surface area (Å²) < 4.78 is 0. The molecule has 0 aromatic heterocycles. The van der Waals surface area contributed by atoms with Crippen molar-refractivity contribution < 1.29 is 4.79 Å². The van der Waals surface area contributed by atoms with Crippen LogP contribution in [0, 0.1) is 0 Å². The van der Waals surface area contributed by atoms with Crippen molar-refractivity contribution >= 4 is 56.2 Å². The summed E-state index contributed by atoms with van der Waals surface area (Å²) in [4.78, 5) is 18.3. The van der Waals surface area contributed by atoms with Crippen molar-refractivity contribution in [2.45, 2.75) is 9.79 Å². The molecular weight excluding hydrogens is 531 g/mol. The standard InChI is InChI=1S/C39H25NOS/c41-39(27-19-17-26(18-20-27)38-32-11-3-1-9-29(32)25-30-10-2-4-12-33(30)38)28-21-23-31(24-22-28)40-34-13-5-7-15-36(34)42-37-16-8-6-14-35(37)40/h1-25H. The lowest BCUT2D eigenvalue weighted by Gasteiger charge is -2.32. The van der Waals surface area contributed by atoms with Crippen LogP contribution in [0.3, 0.4) is 0 Å². The van der Waals surface area contributed by atoms with Crippen LogP contribution in [0.4, 0.5) is 17.1 Å². The number of hydrogen-bond acceptors (Lipinski definition) is 3. The Hall–Kier alpha value is -5.12. The third-order valence-corrected chi connectivity index (χ3v) is 9.16. The molecule has 1 aliphatic heterocycles. The Morgan fingerprint density at radius 3 is 1.55 bits per heavy atom. The maximum absolute atomic E-state index is 13.6. The van der Waals surface area contributed by atoms with Crippen LogP contribution in [0.2, 0.25) is 0 Å². The van der Waals surface area contributed by atoms with Gasteiger partial charge in [0.25, 0.3) is 0 Å². The van der Waals surface area contributed by atoms with Gasteiger partial charge in [-0.1, -0.05) is 109 Å². The molecular formula is C39H25NOS. The first-order valence-electron chi connectivity index (χ1n) is 14.1. The van der Waals surface area contributed by atoms with Gasteiger partial charge in [0, 0.05) is 26.6 Å². The molecule has 0 N–H and O–H groups in total. The zero-order chi connectivity index (χ0) is 28.0. The van der Waals surface area contributed by atoms with Crippen molar-refractivity contribution in [3.63, 3.8) is 0 Å². The number of benzene rings is 7. The molecule has 1 heterocycles. The maximum atomic E-state index is 13.6. The summed E-state index contributed by atoms with van der Waals surface area (Å²) in [7, 11) is 0. The molecule has 0 spiro atoms. The van der Waals surface area contributed by atoms with E-state index < -0.39 is 0 Å². The van der Waals surface area contributed by atoms with Gasteiger partial charge in [-0.15, -0.1) is 0 Å². The number of rotatable bonds is 4. The van der Waals surface area contributed by atoms with Crippen molar-refractivity contribution in [3.8, 4) is 11.1 Å². The van der Waals surface area contributed by atoms with E-state index in [1.54, 1.807) is 11.8 Å². The molecule has 0 aliphatic carbocycles. The Balaban J connectivity index is 1.13. The van der Waals surface area contributed by atoms with Gasteiger partial charge < -0.3 is 4.90 Å². The number of hydrogen-bond donors (Lipinski definition) is 0. The largest absolute Gasteiger partial charge is 0.308 e. The number of para-hydroxylation sites is 2. The normalized spacial score (nSPS) is 12.2. The fourth-order valence-corrected chi connectivity index (χ4v) is 7.08. The predicted molar refractivity (Wildman–Crippen MR) is 176 cm³/mol. The van der Waals surface area contributed by atoms with Gasteiger partial charge in [0.15, 0.2) is 5.78 Å². The van der Waals surface area contributed by atoms with Crippen molar-refractivity contribution in [1.29, 1.82) is 0 Å². The first kappa shape index (κ1) is 24.7. The number of carbonyl (C=O) groups is 1. The highest BCUT2D eigenvalue weighted by molar-refractivity contribution is 7.99. The van der Waals surface area contributed by atoms with Crippen LogP contribution < -0.4 is 4.90 Å². The molecule has 8 rings (SSSR count). The van der Waals surface area contributed by atoms with Crippen LogP contribution in [0.5, 0.6) is 0 Å². The fourth-order valence-electron chi connectivity index (χ4n) is 6.02. The van der Waals surface area contributed by atoms with E-state index in [2.05, 4.69) is 120 Å². The number of fused-ring (bicyclic) bond motifs is 4. The third kappa shape index (κ3) is 4.09. The zero-order valence-electron chi connectivity index (χ0n) is 22.7. The van der Waals surface area contributed by atoms with Crippen molar-refractivity contribution in [2.24, 2.45) is 0 Å². The van der Waals surface area contributed by atoms with E-state index in [1.807, 2.05) is 36.4 Å². The molecule has 0 unspecified atom stereocenters. The van der Waals surface area contributed by atoms with E-state index in [-0.39, 0.29) is 5.78 Å². The second kappa shape index (κ2) is 10.1. The summed E-state index contributed by atoms with van der Waals surface area (Å²) in [5.74, 6) is 0.0193. The SMILES string of the molecule is O=C(c1ccc(-c2c3ccccc3cc3ccccc23)cc1)c1ccc(N2c3ccccc3Sc3ccccc32)cc1. The molecule has 198 valence electrons. The first-order chi connectivity index (χ1) is 20.7. The quantitative estimate of drug-likeness (QED) is 0.159. The summed E-state index contributed by atoms with van der Waals surface area (Å²) in [6.45, 7) is 0.